The van der Waals surface area contributed by atoms with Crippen molar-refractivity contribution in [2.75, 3.05) is 0 Å². The van der Waals surface area contributed by atoms with Gasteiger partial charge in [0.25, 0.3) is 0 Å². The highest BCUT2D eigenvalue weighted by atomic mass is 15.1. The Labute approximate surface area is 60.3 Å². The summed E-state index contributed by atoms with van der Waals surface area (Å²) >= 11 is 0. The Morgan fingerprint density at radius 3 is 3.00 bits per heavy atom. The highest BCUT2D eigenvalue weighted by molar-refractivity contribution is 5.15. The van der Waals surface area contributed by atoms with Crippen molar-refractivity contribution in [2.45, 2.75) is 12.8 Å². The normalized spacial score (nSPS) is 12.0. The summed E-state index contributed by atoms with van der Waals surface area (Å²) in [6.45, 7) is 1.92. The van der Waals surface area contributed by atoms with E-state index in [9.17, 15) is 0 Å². The van der Waals surface area contributed by atoms with Gasteiger partial charge in [-0.3, -0.25) is 0 Å². The van der Waals surface area contributed by atoms with E-state index in [1.165, 1.54) is 0 Å². The van der Waals surface area contributed by atoms with E-state index < -0.39 is 0 Å². The summed E-state index contributed by atoms with van der Waals surface area (Å²) in [5.41, 5.74) is 0.852. The van der Waals surface area contributed by atoms with E-state index in [1.54, 1.807) is 6.20 Å². The third-order valence-corrected chi connectivity index (χ3v) is 1.29. The summed E-state index contributed by atoms with van der Waals surface area (Å²) < 4.78 is 0. The topological polar surface area (TPSA) is 25.8 Å². The van der Waals surface area contributed by atoms with Crippen molar-refractivity contribution in [1.29, 1.82) is 0 Å². The van der Waals surface area contributed by atoms with Crippen molar-refractivity contribution in [3.63, 3.8) is 0 Å². The minimum atomic E-state index is 0.0636. The third kappa shape index (κ3) is 1.32. The van der Waals surface area contributed by atoms with E-state index in [0.717, 1.165) is 5.69 Å². The van der Waals surface area contributed by atoms with E-state index in [2.05, 4.69) is 16.1 Å². The molecule has 10 heavy (non-hydrogen) atoms. The van der Waals surface area contributed by atoms with Gasteiger partial charge in [0.2, 0.25) is 0 Å². The van der Waals surface area contributed by atoms with E-state index >= 15 is 0 Å². The van der Waals surface area contributed by atoms with Crippen LogP contribution in [-0.2, 0) is 0 Å². The Morgan fingerprint density at radius 1 is 1.70 bits per heavy atom. The Hall–Kier alpha value is -1.36. The predicted molar refractivity (Wildman–Crippen MR) is 39.3 cm³/mol. The van der Waals surface area contributed by atoms with Crippen molar-refractivity contribution in [2.24, 2.45) is 0 Å². The third-order valence-electron chi connectivity index (χ3n) is 1.29. The number of terminal acetylenes is 1. The zero-order valence-electron chi connectivity index (χ0n) is 5.78. The van der Waals surface area contributed by atoms with Gasteiger partial charge < -0.3 is 0 Å². The second-order valence-corrected chi connectivity index (χ2v) is 2.04. The molecule has 1 rings (SSSR count). The molecule has 0 bridgehead atoms. The molecule has 1 unspecified atom stereocenters. The van der Waals surface area contributed by atoms with E-state index in [4.69, 9.17) is 6.42 Å². The minimum Gasteiger partial charge on any atom is -0.159 e. The molecule has 0 saturated heterocycles. The maximum atomic E-state index is 5.19. The van der Waals surface area contributed by atoms with Crippen LogP contribution in [0.15, 0.2) is 18.3 Å². The molecular weight excluding hydrogens is 124 g/mol. The minimum absolute atomic E-state index is 0.0636. The van der Waals surface area contributed by atoms with Gasteiger partial charge in [-0.2, -0.15) is 10.2 Å². The van der Waals surface area contributed by atoms with Crippen LogP contribution in [0.25, 0.3) is 0 Å². The number of hydrogen-bond acceptors (Lipinski definition) is 2. The summed E-state index contributed by atoms with van der Waals surface area (Å²) in [5, 5.41) is 7.57. The first-order valence-corrected chi connectivity index (χ1v) is 3.08. The molecule has 0 aliphatic heterocycles. The van der Waals surface area contributed by atoms with Crippen LogP contribution in [0.5, 0.6) is 0 Å². The summed E-state index contributed by atoms with van der Waals surface area (Å²) in [6, 6.07) is 3.70. The van der Waals surface area contributed by atoms with Crippen molar-refractivity contribution in [1.82, 2.24) is 10.2 Å². The molecular formula is C8H8N2. The van der Waals surface area contributed by atoms with Gasteiger partial charge in [-0.25, -0.2) is 0 Å². The molecule has 0 fully saturated rings. The lowest BCUT2D eigenvalue weighted by Crippen LogP contribution is -1.94. The second-order valence-electron chi connectivity index (χ2n) is 2.04. The number of aromatic nitrogens is 2. The Bertz CT molecular complexity index is 235. The second kappa shape index (κ2) is 2.98. The van der Waals surface area contributed by atoms with Gasteiger partial charge in [0.15, 0.2) is 0 Å². The molecule has 50 valence electrons. The first-order chi connectivity index (χ1) is 4.84. The molecule has 0 N–H and O–H groups in total. The molecule has 0 saturated carbocycles. The van der Waals surface area contributed by atoms with Crippen molar-refractivity contribution in [3.8, 4) is 12.3 Å². The fourth-order valence-corrected chi connectivity index (χ4v) is 0.630. The Balaban J connectivity index is 2.88. The molecule has 1 aromatic heterocycles. The Kier molecular flexibility index (Phi) is 2.01. The van der Waals surface area contributed by atoms with E-state index in [-0.39, 0.29) is 5.92 Å². The maximum Gasteiger partial charge on any atom is 0.0778 e. The zero-order chi connectivity index (χ0) is 7.40. The van der Waals surface area contributed by atoms with Crippen LogP contribution in [-0.4, -0.2) is 10.2 Å². The number of rotatable bonds is 1. The number of hydrogen-bond donors (Lipinski definition) is 0. The van der Waals surface area contributed by atoms with E-state index in [0.29, 0.717) is 0 Å². The van der Waals surface area contributed by atoms with Gasteiger partial charge in [0.05, 0.1) is 11.6 Å². The SMILES string of the molecule is C#CC(C)c1cccnn1. The number of nitrogens with zero attached hydrogens (tertiary/aromatic N) is 2. The molecule has 1 atom stereocenters. The Morgan fingerprint density at radius 2 is 2.50 bits per heavy atom. The van der Waals surface area contributed by atoms with Crippen LogP contribution in [0.1, 0.15) is 18.5 Å². The monoisotopic (exact) mass is 132 g/mol. The van der Waals surface area contributed by atoms with Gasteiger partial charge in [-0.1, -0.05) is 5.92 Å². The highest BCUT2D eigenvalue weighted by Gasteiger charge is 2.00. The molecule has 0 radical (unpaired) electrons. The van der Waals surface area contributed by atoms with Crippen LogP contribution < -0.4 is 0 Å². The largest absolute Gasteiger partial charge is 0.159 e. The smallest absolute Gasteiger partial charge is 0.0778 e. The first-order valence-electron chi connectivity index (χ1n) is 3.08. The van der Waals surface area contributed by atoms with Crippen LogP contribution in [0.2, 0.25) is 0 Å². The summed E-state index contributed by atoms with van der Waals surface area (Å²) in [7, 11) is 0. The predicted octanol–water partition coefficient (Wildman–Crippen LogP) is 1.21. The lowest BCUT2D eigenvalue weighted by Gasteiger charge is -1.98. The van der Waals surface area contributed by atoms with Crippen LogP contribution >= 0.6 is 0 Å². The molecule has 1 aromatic rings. The fourth-order valence-electron chi connectivity index (χ4n) is 0.630. The zero-order valence-corrected chi connectivity index (χ0v) is 5.78. The molecule has 1 heterocycles. The molecule has 0 amide bonds. The van der Waals surface area contributed by atoms with Gasteiger partial charge in [0.1, 0.15) is 0 Å². The lowest BCUT2D eigenvalue weighted by atomic mass is 10.1. The van der Waals surface area contributed by atoms with Gasteiger partial charge >= 0.3 is 0 Å². The average Bonchev–Trinajstić information content (AvgIpc) is 2.05. The van der Waals surface area contributed by atoms with Crippen molar-refractivity contribution < 1.29 is 0 Å². The summed E-state index contributed by atoms with van der Waals surface area (Å²) in [6.07, 6.45) is 6.82. The molecule has 0 spiro atoms. The van der Waals surface area contributed by atoms with E-state index in [1.807, 2.05) is 19.1 Å². The first kappa shape index (κ1) is 6.76. The average molecular weight is 132 g/mol. The maximum absolute atomic E-state index is 5.19. The molecule has 2 nitrogen and oxygen atoms in total. The molecule has 0 aromatic carbocycles. The summed E-state index contributed by atoms with van der Waals surface area (Å²) in [5.74, 6) is 2.64. The molecule has 0 aliphatic rings. The molecule has 2 heteroatoms. The fraction of sp³-hybridized carbons (Fsp3) is 0.250. The van der Waals surface area contributed by atoms with Gasteiger partial charge in [-0.15, -0.1) is 6.42 Å². The van der Waals surface area contributed by atoms with Crippen LogP contribution in [0.3, 0.4) is 0 Å². The van der Waals surface area contributed by atoms with Crippen LogP contribution in [0, 0.1) is 12.3 Å². The van der Waals surface area contributed by atoms with Crippen molar-refractivity contribution >= 4 is 0 Å². The molecule has 0 aliphatic carbocycles. The lowest BCUT2D eigenvalue weighted by molar-refractivity contribution is 0.865. The summed E-state index contributed by atoms with van der Waals surface area (Å²) in [4.78, 5) is 0. The van der Waals surface area contributed by atoms with Gasteiger partial charge in [-0.05, 0) is 19.1 Å². The highest BCUT2D eigenvalue weighted by Crippen LogP contribution is 2.07. The standard InChI is InChI=1S/C8H8N2/c1-3-7(2)8-5-4-6-9-10-8/h1,4-7H,2H3. The van der Waals surface area contributed by atoms with Crippen LogP contribution in [0.4, 0.5) is 0 Å². The van der Waals surface area contributed by atoms with Crippen molar-refractivity contribution in [3.05, 3.63) is 24.0 Å². The van der Waals surface area contributed by atoms with Gasteiger partial charge in [0, 0.05) is 6.20 Å². The quantitative estimate of drug-likeness (QED) is 0.537.